The van der Waals surface area contributed by atoms with Crippen LogP contribution < -0.4 is 9.64 Å². The van der Waals surface area contributed by atoms with Crippen LogP contribution in [-0.4, -0.2) is 19.7 Å². The van der Waals surface area contributed by atoms with Gasteiger partial charge in [0.1, 0.15) is 12.4 Å². The Hall–Kier alpha value is -0.890. The predicted octanol–water partition coefficient (Wildman–Crippen LogP) is 2.56. The lowest BCUT2D eigenvalue weighted by molar-refractivity contribution is 0.308. The Morgan fingerprint density at radius 1 is 1.54 bits per heavy atom. The van der Waals surface area contributed by atoms with Crippen molar-refractivity contribution in [3.63, 3.8) is 0 Å². The topological polar surface area (TPSA) is 12.5 Å². The van der Waals surface area contributed by atoms with Crippen molar-refractivity contribution < 1.29 is 4.74 Å². The van der Waals surface area contributed by atoms with E-state index in [1.54, 1.807) is 0 Å². The van der Waals surface area contributed by atoms with Crippen LogP contribution in [-0.2, 0) is 0 Å². The van der Waals surface area contributed by atoms with Gasteiger partial charge in [0.05, 0.1) is 12.2 Å². The maximum absolute atomic E-state index is 5.87. The quantitative estimate of drug-likeness (QED) is 0.686. The molecule has 0 amide bonds. The number of anilines is 1. The van der Waals surface area contributed by atoms with Gasteiger partial charge in [0.2, 0.25) is 0 Å². The molecule has 0 spiro atoms. The third-order valence-electron chi connectivity index (χ3n) is 2.26. The Labute approximate surface area is 83.1 Å². The van der Waals surface area contributed by atoms with E-state index >= 15 is 0 Å². The number of halogens is 1. The van der Waals surface area contributed by atoms with Crippen molar-refractivity contribution in [3.8, 4) is 5.75 Å². The molecule has 0 fully saturated rings. The van der Waals surface area contributed by atoms with Gasteiger partial charge in [-0.15, -0.1) is 0 Å². The van der Waals surface area contributed by atoms with Crippen LogP contribution in [0.2, 0.25) is 5.02 Å². The number of hydrogen-bond acceptors (Lipinski definition) is 2. The Balaban J connectivity index is 2.40. The van der Waals surface area contributed by atoms with Crippen LogP contribution in [0.25, 0.3) is 0 Å². The fourth-order valence-corrected chi connectivity index (χ4v) is 1.74. The molecule has 0 saturated carbocycles. The molecule has 1 aliphatic heterocycles. The zero-order chi connectivity index (χ0) is 9.26. The number of likely N-dealkylation sites (N-methyl/N-ethyl adjacent to an activating group) is 1. The predicted molar refractivity (Wildman–Crippen MR) is 54.8 cm³/mol. The summed E-state index contributed by atoms with van der Waals surface area (Å²) in [5.74, 6) is 0.903. The maximum atomic E-state index is 5.87. The summed E-state index contributed by atoms with van der Waals surface area (Å²) >= 11 is 5.87. The normalized spacial score (nSPS) is 15.1. The highest BCUT2D eigenvalue weighted by atomic mass is 35.5. The monoisotopic (exact) mass is 197 g/mol. The van der Waals surface area contributed by atoms with E-state index in [4.69, 9.17) is 16.3 Å². The van der Waals surface area contributed by atoms with Crippen LogP contribution >= 0.6 is 11.6 Å². The van der Waals surface area contributed by atoms with Crippen LogP contribution in [0.5, 0.6) is 5.75 Å². The fourth-order valence-electron chi connectivity index (χ4n) is 1.58. The summed E-state index contributed by atoms with van der Waals surface area (Å²) in [6.45, 7) is 4.87. The van der Waals surface area contributed by atoms with Gasteiger partial charge in [-0.25, -0.2) is 0 Å². The van der Waals surface area contributed by atoms with Gasteiger partial charge in [-0.05, 0) is 19.1 Å². The van der Waals surface area contributed by atoms with E-state index in [1.807, 2.05) is 18.2 Å². The number of rotatable bonds is 1. The van der Waals surface area contributed by atoms with Gasteiger partial charge >= 0.3 is 0 Å². The lowest BCUT2D eigenvalue weighted by Crippen LogP contribution is -2.32. The van der Waals surface area contributed by atoms with Crippen LogP contribution in [0.15, 0.2) is 18.2 Å². The minimum absolute atomic E-state index is 0.733. The molecule has 70 valence electrons. The summed E-state index contributed by atoms with van der Waals surface area (Å²) < 4.78 is 5.51. The molecule has 0 N–H and O–H groups in total. The zero-order valence-electron chi connectivity index (χ0n) is 7.59. The van der Waals surface area contributed by atoms with Gasteiger partial charge in [-0.2, -0.15) is 0 Å². The van der Waals surface area contributed by atoms with E-state index in [1.165, 1.54) is 0 Å². The minimum atomic E-state index is 0.733. The highest BCUT2D eigenvalue weighted by Crippen LogP contribution is 2.33. The molecule has 0 aromatic heterocycles. The van der Waals surface area contributed by atoms with E-state index in [-0.39, 0.29) is 0 Å². The molecule has 13 heavy (non-hydrogen) atoms. The first kappa shape index (κ1) is 8.70. The molecule has 1 aliphatic rings. The van der Waals surface area contributed by atoms with Crippen molar-refractivity contribution in [2.75, 3.05) is 24.6 Å². The first-order chi connectivity index (χ1) is 6.31. The summed E-state index contributed by atoms with van der Waals surface area (Å²) in [6.07, 6.45) is 0. The van der Waals surface area contributed by atoms with Gasteiger partial charge in [0.15, 0.2) is 0 Å². The van der Waals surface area contributed by atoms with E-state index in [0.717, 1.165) is 36.2 Å². The molecule has 0 atom stereocenters. The van der Waals surface area contributed by atoms with Gasteiger partial charge in [0.25, 0.3) is 0 Å². The van der Waals surface area contributed by atoms with Gasteiger partial charge in [-0.1, -0.05) is 11.6 Å². The van der Waals surface area contributed by atoms with Crippen LogP contribution in [0, 0.1) is 0 Å². The molecule has 0 saturated heterocycles. The molecule has 3 heteroatoms. The summed E-state index contributed by atoms with van der Waals surface area (Å²) in [5, 5.41) is 0.733. The average molecular weight is 198 g/mol. The second-order valence-corrected chi connectivity index (χ2v) is 3.48. The van der Waals surface area contributed by atoms with E-state index < -0.39 is 0 Å². The Bertz CT molecular complexity index is 314. The minimum Gasteiger partial charge on any atom is -0.490 e. The van der Waals surface area contributed by atoms with Crippen molar-refractivity contribution in [1.29, 1.82) is 0 Å². The van der Waals surface area contributed by atoms with Crippen LogP contribution in [0.4, 0.5) is 5.69 Å². The smallest absolute Gasteiger partial charge is 0.144 e. The molecular formula is C10H12ClNO. The van der Waals surface area contributed by atoms with Crippen molar-refractivity contribution in [1.82, 2.24) is 0 Å². The molecule has 1 aromatic rings. The average Bonchev–Trinajstić information content (AvgIpc) is 2.16. The molecular weight excluding hydrogens is 186 g/mol. The third kappa shape index (κ3) is 1.59. The number of benzene rings is 1. The van der Waals surface area contributed by atoms with E-state index in [9.17, 15) is 0 Å². The van der Waals surface area contributed by atoms with Gasteiger partial charge in [-0.3, -0.25) is 0 Å². The lowest BCUT2D eigenvalue weighted by atomic mass is 10.2. The molecule has 0 aliphatic carbocycles. The number of nitrogens with zero attached hydrogens (tertiary/aromatic N) is 1. The van der Waals surface area contributed by atoms with Crippen LogP contribution in [0.3, 0.4) is 0 Å². The number of ether oxygens (including phenoxy) is 1. The van der Waals surface area contributed by atoms with Gasteiger partial charge in [0, 0.05) is 17.6 Å². The number of fused-ring (bicyclic) bond motifs is 1. The van der Waals surface area contributed by atoms with Crippen molar-refractivity contribution in [3.05, 3.63) is 23.2 Å². The molecule has 2 rings (SSSR count). The molecule has 2 nitrogen and oxygen atoms in total. The molecule has 0 bridgehead atoms. The van der Waals surface area contributed by atoms with E-state index in [2.05, 4.69) is 11.8 Å². The second-order valence-electron chi connectivity index (χ2n) is 3.04. The summed E-state index contributed by atoms with van der Waals surface area (Å²) in [6, 6.07) is 5.79. The summed E-state index contributed by atoms with van der Waals surface area (Å²) in [4.78, 5) is 2.29. The van der Waals surface area contributed by atoms with Gasteiger partial charge < -0.3 is 9.64 Å². The summed E-state index contributed by atoms with van der Waals surface area (Å²) in [5.41, 5.74) is 1.15. The largest absolute Gasteiger partial charge is 0.490 e. The Kier molecular flexibility index (Phi) is 2.32. The Morgan fingerprint density at radius 2 is 2.38 bits per heavy atom. The SMILES string of the molecule is CCN1CCOc2cc(Cl)ccc21. The molecule has 1 aromatic carbocycles. The maximum Gasteiger partial charge on any atom is 0.144 e. The molecule has 1 heterocycles. The number of hydrogen-bond donors (Lipinski definition) is 0. The lowest BCUT2D eigenvalue weighted by Gasteiger charge is -2.30. The molecule has 0 unspecified atom stereocenters. The first-order valence-corrected chi connectivity index (χ1v) is 4.86. The highest BCUT2D eigenvalue weighted by Gasteiger charge is 2.16. The highest BCUT2D eigenvalue weighted by molar-refractivity contribution is 6.30. The fraction of sp³-hybridized carbons (Fsp3) is 0.400. The van der Waals surface area contributed by atoms with Crippen molar-refractivity contribution in [2.24, 2.45) is 0 Å². The third-order valence-corrected chi connectivity index (χ3v) is 2.50. The zero-order valence-corrected chi connectivity index (χ0v) is 8.34. The van der Waals surface area contributed by atoms with E-state index in [0.29, 0.717) is 0 Å². The first-order valence-electron chi connectivity index (χ1n) is 4.48. The standard InChI is InChI=1S/C10H12ClNO/c1-2-12-5-6-13-10-7-8(11)3-4-9(10)12/h3-4,7H,2,5-6H2,1H3. The van der Waals surface area contributed by atoms with Crippen LogP contribution in [0.1, 0.15) is 6.92 Å². The second kappa shape index (κ2) is 3.46. The molecule has 0 radical (unpaired) electrons. The Morgan fingerprint density at radius 3 is 3.15 bits per heavy atom. The summed E-state index contributed by atoms with van der Waals surface area (Å²) in [7, 11) is 0. The van der Waals surface area contributed by atoms with Crippen molar-refractivity contribution in [2.45, 2.75) is 6.92 Å². The van der Waals surface area contributed by atoms with Crippen molar-refractivity contribution >= 4 is 17.3 Å².